The van der Waals surface area contributed by atoms with Crippen LogP contribution in [0, 0.1) is 0 Å². The van der Waals surface area contributed by atoms with Crippen LogP contribution >= 0.6 is 0 Å². The highest BCUT2D eigenvalue weighted by molar-refractivity contribution is 5.25. The first-order valence-corrected chi connectivity index (χ1v) is 8.19. The van der Waals surface area contributed by atoms with Crippen molar-refractivity contribution in [3.63, 3.8) is 0 Å². The fourth-order valence-electron chi connectivity index (χ4n) is 2.88. The van der Waals surface area contributed by atoms with E-state index in [1.807, 2.05) is 0 Å². The lowest BCUT2D eigenvalue weighted by Crippen LogP contribution is -2.46. The topological polar surface area (TPSA) is 21.3 Å². The Kier molecular flexibility index (Phi) is 6.06. The molecule has 1 saturated carbocycles. The van der Waals surface area contributed by atoms with Crippen molar-refractivity contribution in [3.8, 4) is 0 Å². The Balaban J connectivity index is 1.76. The van der Waals surface area contributed by atoms with Crippen molar-refractivity contribution in [1.29, 1.82) is 0 Å². The summed E-state index contributed by atoms with van der Waals surface area (Å²) < 4.78 is 5.61. The number of ether oxygens (including phenoxy) is 1. The number of aryl methyl sites for hydroxylation is 1. The number of rotatable bonds is 8. The predicted molar refractivity (Wildman–Crippen MR) is 85.0 cm³/mol. The minimum atomic E-state index is 0.433. The Bertz CT molecular complexity index is 381. The monoisotopic (exact) mass is 275 g/mol. The van der Waals surface area contributed by atoms with E-state index in [4.69, 9.17) is 4.74 Å². The van der Waals surface area contributed by atoms with Crippen molar-refractivity contribution < 1.29 is 4.74 Å². The molecule has 0 saturated heterocycles. The zero-order valence-corrected chi connectivity index (χ0v) is 13.2. The van der Waals surface area contributed by atoms with E-state index in [-0.39, 0.29) is 0 Å². The standard InChI is InChI=1S/C18H29NO/c1-4-6-7-15-8-10-16(11-9-15)14(3)19-17-12-18(13-17)20-5-2/h8-11,14,17-19H,4-7,12-13H2,1-3H3. The van der Waals surface area contributed by atoms with E-state index in [1.165, 1.54) is 30.4 Å². The van der Waals surface area contributed by atoms with Crippen molar-refractivity contribution in [1.82, 2.24) is 5.32 Å². The first-order chi connectivity index (χ1) is 9.72. The Morgan fingerprint density at radius 1 is 1.20 bits per heavy atom. The van der Waals surface area contributed by atoms with Gasteiger partial charge in [0.2, 0.25) is 0 Å². The van der Waals surface area contributed by atoms with Gasteiger partial charge in [0.15, 0.2) is 0 Å². The summed E-state index contributed by atoms with van der Waals surface area (Å²) in [6.07, 6.45) is 6.56. The molecule has 1 aliphatic rings. The van der Waals surface area contributed by atoms with E-state index < -0.39 is 0 Å². The summed E-state index contributed by atoms with van der Waals surface area (Å²) in [4.78, 5) is 0. The Labute approximate surface area is 123 Å². The molecule has 1 N–H and O–H groups in total. The summed E-state index contributed by atoms with van der Waals surface area (Å²) >= 11 is 0. The molecule has 1 unspecified atom stereocenters. The summed E-state index contributed by atoms with van der Waals surface area (Å²) in [6, 6.07) is 10.2. The highest BCUT2D eigenvalue weighted by Gasteiger charge is 2.30. The molecule has 2 rings (SSSR count). The molecular formula is C18H29NO. The lowest BCUT2D eigenvalue weighted by Gasteiger charge is -2.37. The number of nitrogens with one attached hydrogen (secondary N) is 1. The average Bonchev–Trinajstić information content (AvgIpc) is 2.43. The molecule has 2 nitrogen and oxygen atoms in total. The van der Waals surface area contributed by atoms with E-state index in [0.717, 1.165) is 19.4 Å². The molecule has 0 heterocycles. The Hall–Kier alpha value is -0.860. The molecule has 0 amide bonds. The third-order valence-corrected chi connectivity index (χ3v) is 4.28. The highest BCUT2D eigenvalue weighted by atomic mass is 16.5. The molecule has 1 atom stereocenters. The van der Waals surface area contributed by atoms with Crippen molar-refractivity contribution >= 4 is 0 Å². The second kappa shape index (κ2) is 7.80. The molecular weight excluding hydrogens is 246 g/mol. The predicted octanol–water partition coefficient (Wildman–Crippen LogP) is 4.25. The van der Waals surface area contributed by atoms with Gasteiger partial charge in [-0.25, -0.2) is 0 Å². The largest absolute Gasteiger partial charge is 0.378 e. The van der Waals surface area contributed by atoms with Crippen LogP contribution in [-0.2, 0) is 11.2 Å². The minimum absolute atomic E-state index is 0.433. The van der Waals surface area contributed by atoms with E-state index in [2.05, 4.69) is 50.4 Å². The van der Waals surface area contributed by atoms with E-state index in [9.17, 15) is 0 Å². The summed E-state index contributed by atoms with van der Waals surface area (Å²) in [7, 11) is 0. The van der Waals surface area contributed by atoms with Gasteiger partial charge in [-0.1, -0.05) is 37.6 Å². The van der Waals surface area contributed by atoms with Crippen LogP contribution in [0.1, 0.15) is 63.6 Å². The third-order valence-electron chi connectivity index (χ3n) is 4.28. The van der Waals surface area contributed by atoms with Crippen molar-refractivity contribution in [2.24, 2.45) is 0 Å². The molecule has 0 spiro atoms. The number of benzene rings is 1. The molecule has 1 aromatic carbocycles. The molecule has 1 fully saturated rings. The van der Waals surface area contributed by atoms with Crippen LogP contribution < -0.4 is 5.32 Å². The second-order valence-electron chi connectivity index (χ2n) is 5.98. The van der Waals surface area contributed by atoms with E-state index >= 15 is 0 Å². The van der Waals surface area contributed by atoms with Gasteiger partial charge in [-0.3, -0.25) is 0 Å². The van der Waals surface area contributed by atoms with Gasteiger partial charge in [0.25, 0.3) is 0 Å². The molecule has 1 aliphatic carbocycles. The molecule has 0 aromatic heterocycles. The van der Waals surface area contributed by atoms with Crippen LogP contribution in [-0.4, -0.2) is 18.8 Å². The van der Waals surface area contributed by atoms with Crippen LogP contribution in [0.4, 0.5) is 0 Å². The molecule has 0 bridgehead atoms. The fourth-order valence-corrected chi connectivity index (χ4v) is 2.88. The van der Waals surface area contributed by atoms with Gasteiger partial charge in [0, 0.05) is 18.7 Å². The normalized spacial score (nSPS) is 23.4. The van der Waals surface area contributed by atoms with Gasteiger partial charge in [-0.15, -0.1) is 0 Å². The van der Waals surface area contributed by atoms with Gasteiger partial charge in [-0.2, -0.15) is 0 Å². The fraction of sp³-hybridized carbons (Fsp3) is 0.667. The SMILES string of the molecule is CCCCc1ccc(C(C)NC2CC(OCC)C2)cc1. The first-order valence-electron chi connectivity index (χ1n) is 8.19. The third kappa shape index (κ3) is 4.32. The Morgan fingerprint density at radius 2 is 1.90 bits per heavy atom. The summed E-state index contributed by atoms with van der Waals surface area (Å²) in [6.45, 7) is 7.42. The maximum Gasteiger partial charge on any atom is 0.0604 e. The zero-order valence-electron chi connectivity index (χ0n) is 13.2. The molecule has 0 radical (unpaired) electrons. The molecule has 112 valence electrons. The van der Waals surface area contributed by atoms with Crippen molar-refractivity contribution in [2.75, 3.05) is 6.61 Å². The number of hydrogen-bond acceptors (Lipinski definition) is 2. The van der Waals surface area contributed by atoms with Crippen LogP contribution in [0.15, 0.2) is 24.3 Å². The molecule has 20 heavy (non-hydrogen) atoms. The average molecular weight is 275 g/mol. The van der Waals surface area contributed by atoms with Crippen LogP contribution in [0.3, 0.4) is 0 Å². The number of hydrogen-bond donors (Lipinski definition) is 1. The molecule has 2 heteroatoms. The minimum Gasteiger partial charge on any atom is -0.378 e. The summed E-state index contributed by atoms with van der Waals surface area (Å²) in [5.74, 6) is 0. The van der Waals surface area contributed by atoms with Gasteiger partial charge in [0.1, 0.15) is 0 Å². The van der Waals surface area contributed by atoms with E-state index in [0.29, 0.717) is 18.2 Å². The second-order valence-corrected chi connectivity index (χ2v) is 5.98. The van der Waals surface area contributed by atoms with E-state index in [1.54, 1.807) is 0 Å². The summed E-state index contributed by atoms with van der Waals surface area (Å²) in [5.41, 5.74) is 2.85. The van der Waals surface area contributed by atoms with Crippen molar-refractivity contribution in [3.05, 3.63) is 35.4 Å². The quantitative estimate of drug-likeness (QED) is 0.766. The molecule has 1 aromatic rings. The van der Waals surface area contributed by atoms with Gasteiger partial charge in [-0.05, 0) is 50.7 Å². The number of unbranched alkanes of at least 4 members (excludes halogenated alkanes) is 1. The Morgan fingerprint density at radius 3 is 2.50 bits per heavy atom. The van der Waals surface area contributed by atoms with Crippen LogP contribution in [0.25, 0.3) is 0 Å². The van der Waals surface area contributed by atoms with Gasteiger partial charge in [0.05, 0.1) is 6.10 Å². The maximum absolute atomic E-state index is 5.61. The lowest BCUT2D eigenvalue weighted by atomic mass is 9.88. The first kappa shape index (κ1) is 15.5. The van der Waals surface area contributed by atoms with Crippen LogP contribution in [0.2, 0.25) is 0 Å². The lowest BCUT2D eigenvalue weighted by molar-refractivity contribution is -0.0120. The zero-order chi connectivity index (χ0) is 14.4. The smallest absolute Gasteiger partial charge is 0.0604 e. The summed E-state index contributed by atoms with van der Waals surface area (Å²) in [5, 5.41) is 3.70. The van der Waals surface area contributed by atoms with Crippen LogP contribution in [0.5, 0.6) is 0 Å². The van der Waals surface area contributed by atoms with Gasteiger partial charge >= 0.3 is 0 Å². The maximum atomic E-state index is 5.61. The molecule has 0 aliphatic heterocycles. The van der Waals surface area contributed by atoms with Crippen molar-refractivity contribution in [2.45, 2.75) is 71.1 Å². The highest BCUT2D eigenvalue weighted by Crippen LogP contribution is 2.26. The van der Waals surface area contributed by atoms with Gasteiger partial charge < -0.3 is 10.1 Å².